The highest BCUT2D eigenvalue weighted by Crippen LogP contribution is 2.27. The van der Waals surface area contributed by atoms with Gasteiger partial charge in [-0.25, -0.2) is 8.78 Å². The van der Waals surface area contributed by atoms with Gasteiger partial charge in [0.25, 0.3) is 0 Å². The van der Waals surface area contributed by atoms with E-state index in [0.29, 0.717) is 13.1 Å². The zero-order valence-corrected chi connectivity index (χ0v) is 9.75. The Bertz CT molecular complexity index is 364. The van der Waals surface area contributed by atoms with Crippen LogP contribution < -0.4 is 4.90 Å². The summed E-state index contributed by atoms with van der Waals surface area (Å²) in [5, 5.41) is 8.89. The monoisotopic (exact) mass is 241 g/mol. The van der Waals surface area contributed by atoms with Crippen LogP contribution in [0.4, 0.5) is 14.5 Å². The van der Waals surface area contributed by atoms with Gasteiger partial charge in [0.1, 0.15) is 17.3 Å². The highest BCUT2D eigenvalue weighted by molar-refractivity contribution is 5.50. The van der Waals surface area contributed by atoms with Crippen LogP contribution in [0.5, 0.6) is 0 Å². The third kappa shape index (κ3) is 2.75. The average molecular weight is 241 g/mol. The van der Waals surface area contributed by atoms with E-state index in [1.165, 1.54) is 12.1 Å². The van der Waals surface area contributed by atoms with E-state index in [-0.39, 0.29) is 17.9 Å². The Morgan fingerprint density at radius 3 is 2.00 bits per heavy atom. The number of benzene rings is 1. The van der Waals surface area contributed by atoms with Crippen molar-refractivity contribution in [3.05, 3.63) is 29.3 Å². The number of aliphatic hydroxyl groups excluding tert-OH is 1. The second kappa shape index (κ2) is 5.45. The first-order valence-corrected chi connectivity index (χ1v) is 6.06. The molecule has 0 atom stereocenters. The zero-order chi connectivity index (χ0) is 12.3. The number of halogens is 2. The SMILES string of the molecule is OCc1cc(F)c(N2CCCCCC2)c(F)c1. The van der Waals surface area contributed by atoms with Crippen LogP contribution in [0.1, 0.15) is 31.2 Å². The quantitative estimate of drug-likeness (QED) is 0.860. The average Bonchev–Trinajstić information content (AvgIpc) is 2.57. The van der Waals surface area contributed by atoms with Crippen molar-refractivity contribution >= 4 is 5.69 Å². The molecule has 0 saturated carbocycles. The van der Waals surface area contributed by atoms with Crippen LogP contribution in [-0.4, -0.2) is 18.2 Å². The predicted molar refractivity (Wildman–Crippen MR) is 63.0 cm³/mol. The minimum Gasteiger partial charge on any atom is -0.392 e. The standard InChI is InChI=1S/C13H17F2NO/c14-11-7-10(9-17)8-12(15)13(11)16-5-3-1-2-4-6-16/h7-8,17H,1-6,9H2. The molecule has 1 N–H and O–H groups in total. The highest BCUT2D eigenvalue weighted by Gasteiger charge is 2.18. The Morgan fingerprint density at radius 2 is 1.53 bits per heavy atom. The van der Waals surface area contributed by atoms with Crippen molar-refractivity contribution in [3.63, 3.8) is 0 Å². The Kier molecular flexibility index (Phi) is 3.94. The Balaban J connectivity index is 2.30. The summed E-state index contributed by atoms with van der Waals surface area (Å²) in [7, 11) is 0. The van der Waals surface area contributed by atoms with Gasteiger partial charge in [0.2, 0.25) is 0 Å². The van der Waals surface area contributed by atoms with Crippen LogP contribution in [0.15, 0.2) is 12.1 Å². The Labute approximate surface area is 99.9 Å². The Morgan fingerprint density at radius 1 is 1.00 bits per heavy atom. The molecular weight excluding hydrogens is 224 g/mol. The molecule has 2 rings (SSSR count). The van der Waals surface area contributed by atoms with E-state index < -0.39 is 11.6 Å². The van der Waals surface area contributed by atoms with Gasteiger partial charge in [-0.2, -0.15) is 0 Å². The molecule has 0 spiro atoms. The van der Waals surface area contributed by atoms with E-state index in [0.717, 1.165) is 25.7 Å². The summed E-state index contributed by atoms with van der Waals surface area (Å²) in [6.07, 6.45) is 4.18. The lowest BCUT2D eigenvalue weighted by Crippen LogP contribution is -2.26. The maximum Gasteiger partial charge on any atom is 0.149 e. The second-order valence-electron chi connectivity index (χ2n) is 4.47. The molecule has 1 aromatic rings. The summed E-state index contributed by atoms with van der Waals surface area (Å²) in [4.78, 5) is 1.78. The molecule has 1 aliphatic heterocycles. The van der Waals surface area contributed by atoms with Crippen LogP contribution in [0, 0.1) is 11.6 Å². The maximum absolute atomic E-state index is 13.8. The van der Waals surface area contributed by atoms with Crippen LogP contribution >= 0.6 is 0 Å². The molecule has 0 amide bonds. The molecule has 4 heteroatoms. The van der Waals surface area contributed by atoms with Crippen molar-refractivity contribution < 1.29 is 13.9 Å². The van der Waals surface area contributed by atoms with Crippen molar-refractivity contribution in [1.29, 1.82) is 0 Å². The first kappa shape index (κ1) is 12.3. The van der Waals surface area contributed by atoms with Gasteiger partial charge in [0.05, 0.1) is 6.61 Å². The largest absolute Gasteiger partial charge is 0.392 e. The maximum atomic E-state index is 13.8. The number of aliphatic hydroxyl groups is 1. The fraction of sp³-hybridized carbons (Fsp3) is 0.538. The fourth-order valence-corrected chi connectivity index (χ4v) is 2.31. The third-order valence-electron chi connectivity index (χ3n) is 3.18. The van der Waals surface area contributed by atoms with E-state index >= 15 is 0 Å². The minimum atomic E-state index is -0.573. The van der Waals surface area contributed by atoms with Crippen molar-refractivity contribution in [3.8, 4) is 0 Å². The molecule has 0 bridgehead atoms. The molecule has 2 nitrogen and oxygen atoms in total. The lowest BCUT2D eigenvalue weighted by molar-refractivity contribution is 0.280. The summed E-state index contributed by atoms with van der Waals surface area (Å²) >= 11 is 0. The zero-order valence-electron chi connectivity index (χ0n) is 9.75. The molecule has 0 radical (unpaired) electrons. The smallest absolute Gasteiger partial charge is 0.149 e. The van der Waals surface area contributed by atoms with Gasteiger partial charge < -0.3 is 10.0 Å². The topological polar surface area (TPSA) is 23.5 Å². The number of rotatable bonds is 2. The summed E-state index contributed by atoms with van der Waals surface area (Å²) in [6, 6.07) is 2.42. The fourth-order valence-electron chi connectivity index (χ4n) is 2.31. The molecular formula is C13H17F2NO. The van der Waals surface area contributed by atoms with Gasteiger partial charge in [-0.3, -0.25) is 0 Å². The second-order valence-corrected chi connectivity index (χ2v) is 4.47. The third-order valence-corrected chi connectivity index (χ3v) is 3.18. The molecule has 1 aromatic carbocycles. The summed E-state index contributed by atoms with van der Waals surface area (Å²) in [5.74, 6) is -1.15. The summed E-state index contributed by atoms with van der Waals surface area (Å²) < 4.78 is 27.6. The molecule has 1 fully saturated rings. The van der Waals surface area contributed by atoms with E-state index in [4.69, 9.17) is 5.11 Å². The van der Waals surface area contributed by atoms with Gasteiger partial charge >= 0.3 is 0 Å². The van der Waals surface area contributed by atoms with E-state index in [1.807, 2.05) is 0 Å². The number of nitrogens with zero attached hydrogens (tertiary/aromatic N) is 1. The summed E-state index contributed by atoms with van der Waals surface area (Å²) in [6.45, 7) is 1.06. The van der Waals surface area contributed by atoms with Gasteiger partial charge in [0.15, 0.2) is 0 Å². The van der Waals surface area contributed by atoms with E-state index in [9.17, 15) is 8.78 Å². The number of anilines is 1. The van der Waals surface area contributed by atoms with Gasteiger partial charge in [-0.05, 0) is 30.5 Å². The number of hydrogen-bond acceptors (Lipinski definition) is 2. The summed E-state index contributed by atoms with van der Waals surface area (Å²) in [5.41, 5.74) is 0.336. The Hall–Kier alpha value is -1.16. The highest BCUT2D eigenvalue weighted by atomic mass is 19.1. The number of hydrogen-bond donors (Lipinski definition) is 1. The molecule has 0 unspecified atom stereocenters. The predicted octanol–water partition coefficient (Wildman–Crippen LogP) is 2.84. The molecule has 17 heavy (non-hydrogen) atoms. The molecule has 0 aliphatic carbocycles. The van der Waals surface area contributed by atoms with Crippen molar-refractivity contribution in [2.75, 3.05) is 18.0 Å². The van der Waals surface area contributed by atoms with Gasteiger partial charge in [0, 0.05) is 13.1 Å². The molecule has 94 valence electrons. The molecule has 1 heterocycles. The van der Waals surface area contributed by atoms with Crippen LogP contribution in [0.2, 0.25) is 0 Å². The molecule has 1 aliphatic rings. The normalized spacial score (nSPS) is 17.0. The van der Waals surface area contributed by atoms with Gasteiger partial charge in [-0.1, -0.05) is 12.8 Å². The van der Waals surface area contributed by atoms with Crippen LogP contribution in [-0.2, 0) is 6.61 Å². The van der Waals surface area contributed by atoms with E-state index in [2.05, 4.69) is 0 Å². The molecule has 1 saturated heterocycles. The lowest BCUT2D eigenvalue weighted by atomic mass is 10.1. The van der Waals surface area contributed by atoms with Crippen LogP contribution in [0.3, 0.4) is 0 Å². The van der Waals surface area contributed by atoms with Crippen molar-refractivity contribution in [2.24, 2.45) is 0 Å². The molecule has 0 aromatic heterocycles. The first-order chi connectivity index (χ1) is 8.22. The van der Waals surface area contributed by atoms with Crippen molar-refractivity contribution in [1.82, 2.24) is 0 Å². The van der Waals surface area contributed by atoms with Crippen molar-refractivity contribution in [2.45, 2.75) is 32.3 Å². The van der Waals surface area contributed by atoms with Crippen LogP contribution in [0.25, 0.3) is 0 Å². The van der Waals surface area contributed by atoms with E-state index in [1.54, 1.807) is 4.90 Å². The first-order valence-electron chi connectivity index (χ1n) is 6.06. The van der Waals surface area contributed by atoms with Gasteiger partial charge in [-0.15, -0.1) is 0 Å². The lowest BCUT2D eigenvalue weighted by Gasteiger charge is -2.24. The minimum absolute atomic E-state index is 0.0594.